The topological polar surface area (TPSA) is 64.9 Å². The number of ether oxygens (including phenoxy) is 1. The second kappa shape index (κ2) is 8.47. The van der Waals surface area contributed by atoms with Crippen LogP contribution in [0.15, 0.2) is 21.1 Å². The lowest BCUT2D eigenvalue weighted by Crippen LogP contribution is -2.09. The number of rotatable bonds is 8. The summed E-state index contributed by atoms with van der Waals surface area (Å²) >= 11 is 7.12. The second-order valence-corrected chi connectivity index (χ2v) is 6.52. The molecular weight excluding hydrogens is 414 g/mol. The fraction of sp³-hybridized carbons (Fsp3) is 0.500. The third-order valence-electron chi connectivity index (χ3n) is 2.93. The maximum atomic E-state index is 5.72. The van der Waals surface area contributed by atoms with Crippen LogP contribution < -0.4 is 10.1 Å². The molecule has 0 saturated carbocycles. The first-order valence-corrected chi connectivity index (χ1v) is 8.85. The van der Waals surface area contributed by atoms with Gasteiger partial charge in [0.1, 0.15) is 5.75 Å². The van der Waals surface area contributed by atoms with Gasteiger partial charge in [-0.2, -0.15) is 0 Å². The van der Waals surface area contributed by atoms with Crippen molar-refractivity contribution in [2.45, 2.75) is 39.8 Å². The molecule has 1 N–H and O–H groups in total. The molecule has 120 valence electrons. The predicted molar refractivity (Wildman–Crippen MR) is 93.1 cm³/mol. The molecule has 0 amide bonds. The van der Waals surface area contributed by atoms with Crippen molar-refractivity contribution in [1.82, 2.24) is 20.2 Å². The zero-order valence-corrected chi connectivity index (χ0v) is 15.8. The number of halogens is 2. The second-order valence-electron chi connectivity index (χ2n) is 4.82. The van der Waals surface area contributed by atoms with Crippen LogP contribution in [0.25, 0.3) is 0 Å². The van der Waals surface area contributed by atoms with Crippen LogP contribution in [0.5, 0.6) is 5.75 Å². The van der Waals surface area contributed by atoms with E-state index >= 15 is 0 Å². The summed E-state index contributed by atoms with van der Waals surface area (Å²) in [4.78, 5) is 0. The van der Waals surface area contributed by atoms with Crippen LogP contribution in [0, 0.1) is 0 Å². The van der Waals surface area contributed by atoms with E-state index < -0.39 is 0 Å². The average Bonchev–Trinajstić information content (AvgIpc) is 2.92. The van der Waals surface area contributed by atoms with E-state index in [1.807, 2.05) is 12.1 Å². The molecule has 8 heteroatoms. The Balaban J connectivity index is 2.05. The minimum absolute atomic E-state index is 0.634. The van der Waals surface area contributed by atoms with E-state index in [9.17, 15) is 0 Å². The highest BCUT2D eigenvalue weighted by Crippen LogP contribution is 2.35. The number of hydrogen-bond acceptors (Lipinski definition) is 5. The highest BCUT2D eigenvalue weighted by molar-refractivity contribution is 9.11. The van der Waals surface area contributed by atoms with Crippen molar-refractivity contribution in [3.05, 3.63) is 26.6 Å². The molecule has 1 heterocycles. The van der Waals surface area contributed by atoms with Crippen molar-refractivity contribution in [1.29, 1.82) is 0 Å². The largest absolute Gasteiger partial charge is 0.491 e. The third-order valence-corrected chi connectivity index (χ3v) is 4.10. The van der Waals surface area contributed by atoms with Crippen LogP contribution in [0.3, 0.4) is 0 Å². The van der Waals surface area contributed by atoms with Crippen LogP contribution in [0.2, 0.25) is 0 Å². The van der Waals surface area contributed by atoms with E-state index in [0.29, 0.717) is 19.1 Å². The number of aromatic nitrogens is 4. The number of aryl methyl sites for hydroxylation is 1. The molecule has 0 bridgehead atoms. The molecule has 0 aliphatic rings. The Bertz CT molecular complexity index is 594. The summed E-state index contributed by atoms with van der Waals surface area (Å²) in [5, 5.41) is 14.9. The molecule has 1 aromatic carbocycles. The average molecular weight is 433 g/mol. The Morgan fingerprint density at radius 1 is 1.18 bits per heavy atom. The Morgan fingerprint density at radius 3 is 2.55 bits per heavy atom. The van der Waals surface area contributed by atoms with Crippen molar-refractivity contribution in [2.24, 2.45) is 0 Å². The number of nitrogens with one attached hydrogen (secondary N) is 1. The molecule has 22 heavy (non-hydrogen) atoms. The molecule has 0 aliphatic carbocycles. The van der Waals surface area contributed by atoms with Gasteiger partial charge in [-0.1, -0.05) is 18.9 Å². The molecule has 6 nitrogen and oxygen atoms in total. The lowest BCUT2D eigenvalue weighted by molar-refractivity contribution is 0.313. The molecule has 0 atom stereocenters. The molecule has 2 aromatic rings. The summed E-state index contributed by atoms with van der Waals surface area (Å²) in [6.07, 6.45) is 1.96. The summed E-state index contributed by atoms with van der Waals surface area (Å²) in [6, 6.07) is 4.08. The van der Waals surface area contributed by atoms with E-state index in [2.05, 4.69) is 66.5 Å². The van der Waals surface area contributed by atoms with Gasteiger partial charge in [-0.15, -0.1) is 0 Å². The predicted octanol–water partition coefficient (Wildman–Crippen LogP) is 4.01. The molecule has 0 saturated heterocycles. The lowest BCUT2D eigenvalue weighted by Gasteiger charge is -2.12. The van der Waals surface area contributed by atoms with Gasteiger partial charge < -0.3 is 10.1 Å². The number of tetrazole rings is 1. The summed E-state index contributed by atoms with van der Waals surface area (Å²) in [6.45, 7) is 6.30. The zero-order valence-electron chi connectivity index (χ0n) is 12.6. The molecule has 2 rings (SSSR count). The summed E-state index contributed by atoms with van der Waals surface area (Å²) in [5.41, 5.74) is 1.11. The third kappa shape index (κ3) is 4.42. The van der Waals surface area contributed by atoms with Crippen LogP contribution >= 0.6 is 31.9 Å². The molecule has 0 aliphatic heterocycles. The summed E-state index contributed by atoms with van der Waals surface area (Å²) in [5.74, 6) is 1.52. The number of anilines is 1. The Kier molecular flexibility index (Phi) is 6.63. The lowest BCUT2D eigenvalue weighted by atomic mass is 10.2. The van der Waals surface area contributed by atoms with Crippen LogP contribution in [0.4, 0.5) is 5.95 Å². The normalized spacial score (nSPS) is 10.7. The SMILES string of the molecule is CCCOc1c(Br)cc(CNc2nnnn2CCC)cc1Br. The van der Waals surface area contributed by atoms with E-state index in [0.717, 1.165) is 39.6 Å². The first-order valence-electron chi connectivity index (χ1n) is 7.26. The van der Waals surface area contributed by atoms with E-state index in [-0.39, 0.29) is 0 Å². The minimum Gasteiger partial charge on any atom is -0.491 e. The van der Waals surface area contributed by atoms with Gasteiger partial charge in [0, 0.05) is 13.1 Å². The highest BCUT2D eigenvalue weighted by atomic mass is 79.9. The maximum absolute atomic E-state index is 5.72. The Morgan fingerprint density at radius 2 is 1.91 bits per heavy atom. The summed E-state index contributed by atoms with van der Waals surface area (Å²) in [7, 11) is 0. The van der Waals surface area contributed by atoms with E-state index in [1.165, 1.54) is 0 Å². The van der Waals surface area contributed by atoms with E-state index in [1.54, 1.807) is 4.68 Å². The van der Waals surface area contributed by atoms with Crippen molar-refractivity contribution >= 4 is 37.8 Å². The van der Waals surface area contributed by atoms with Gasteiger partial charge >= 0.3 is 0 Å². The van der Waals surface area contributed by atoms with Gasteiger partial charge in [-0.05, 0) is 72.8 Å². The first-order chi connectivity index (χ1) is 10.7. The van der Waals surface area contributed by atoms with Gasteiger partial charge in [0.2, 0.25) is 5.95 Å². The standard InChI is InChI=1S/C14H19Br2N5O/c1-3-5-21-14(18-19-20-21)17-9-10-7-11(15)13(12(16)8-10)22-6-4-2/h7-8H,3-6,9H2,1-2H3,(H,17,18,20). The smallest absolute Gasteiger partial charge is 0.243 e. The van der Waals surface area contributed by atoms with Crippen molar-refractivity contribution < 1.29 is 4.74 Å². The van der Waals surface area contributed by atoms with Gasteiger partial charge in [0.25, 0.3) is 0 Å². The Labute approximate surface area is 146 Å². The van der Waals surface area contributed by atoms with Gasteiger partial charge in [-0.3, -0.25) is 0 Å². The maximum Gasteiger partial charge on any atom is 0.243 e. The van der Waals surface area contributed by atoms with Crippen LogP contribution in [0.1, 0.15) is 32.3 Å². The van der Waals surface area contributed by atoms with Crippen molar-refractivity contribution in [2.75, 3.05) is 11.9 Å². The van der Waals surface area contributed by atoms with E-state index in [4.69, 9.17) is 4.74 Å². The molecule has 0 fully saturated rings. The van der Waals surface area contributed by atoms with Crippen molar-refractivity contribution in [3.8, 4) is 5.75 Å². The van der Waals surface area contributed by atoms with Gasteiger partial charge in [0.05, 0.1) is 15.6 Å². The quantitative estimate of drug-likeness (QED) is 0.682. The molecule has 0 radical (unpaired) electrons. The van der Waals surface area contributed by atoms with Crippen LogP contribution in [-0.4, -0.2) is 26.8 Å². The Hall–Kier alpha value is -1.15. The van der Waals surface area contributed by atoms with Crippen LogP contribution in [-0.2, 0) is 13.1 Å². The summed E-state index contributed by atoms with van der Waals surface area (Å²) < 4.78 is 9.35. The number of nitrogens with zero attached hydrogens (tertiary/aromatic N) is 4. The minimum atomic E-state index is 0.634. The molecule has 0 spiro atoms. The van der Waals surface area contributed by atoms with Gasteiger partial charge in [-0.25, -0.2) is 4.68 Å². The zero-order chi connectivity index (χ0) is 15.9. The molecule has 1 aromatic heterocycles. The van der Waals surface area contributed by atoms with Gasteiger partial charge in [0.15, 0.2) is 0 Å². The number of benzene rings is 1. The molecular formula is C14H19Br2N5O. The fourth-order valence-corrected chi connectivity index (χ4v) is 3.44. The van der Waals surface area contributed by atoms with Crippen molar-refractivity contribution in [3.63, 3.8) is 0 Å². The molecule has 0 unspecified atom stereocenters. The fourth-order valence-electron chi connectivity index (χ4n) is 1.93. The number of hydrogen-bond donors (Lipinski definition) is 1. The monoisotopic (exact) mass is 431 g/mol. The highest BCUT2D eigenvalue weighted by Gasteiger charge is 2.10. The first kappa shape index (κ1) is 17.2.